The molecule has 2 rings (SSSR count). The van der Waals surface area contributed by atoms with Crippen molar-refractivity contribution >= 4 is 18.3 Å². The van der Waals surface area contributed by atoms with E-state index in [0.29, 0.717) is 11.9 Å². The zero-order valence-electron chi connectivity index (χ0n) is 9.16. The second-order valence-corrected chi connectivity index (χ2v) is 4.30. The monoisotopic (exact) mass is 233 g/mol. The largest absolute Gasteiger partial charge is 0.340 e. The van der Waals surface area contributed by atoms with Crippen molar-refractivity contribution in [3.8, 4) is 0 Å². The number of piperidine rings is 1. The fourth-order valence-corrected chi connectivity index (χ4v) is 2.08. The fraction of sp³-hybridized carbons (Fsp3) is 0.900. The lowest BCUT2D eigenvalue weighted by Gasteiger charge is -2.38. The molecule has 0 aromatic carbocycles. The molecule has 15 heavy (non-hydrogen) atoms. The van der Waals surface area contributed by atoms with Crippen LogP contribution in [0.4, 0.5) is 0 Å². The Morgan fingerprint density at radius 2 is 2.00 bits per heavy atom. The molecule has 5 heteroatoms. The lowest BCUT2D eigenvalue weighted by molar-refractivity contribution is -0.137. The summed E-state index contributed by atoms with van der Waals surface area (Å²) < 4.78 is 0. The van der Waals surface area contributed by atoms with Crippen LogP contribution in [0.3, 0.4) is 0 Å². The lowest BCUT2D eigenvalue weighted by atomic mass is 9.97. The predicted molar refractivity (Wildman–Crippen MR) is 62.3 cm³/mol. The Hall–Kier alpha value is -0.320. The van der Waals surface area contributed by atoms with Crippen molar-refractivity contribution in [2.45, 2.75) is 18.9 Å². The second-order valence-electron chi connectivity index (χ2n) is 4.30. The van der Waals surface area contributed by atoms with Crippen LogP contribution in [0.1, 0.15) is 12.8 Å². The molecule has 0 aliphatic carbocycles. The summed E-state index contributed by atoms with van der Waals surface area (Å²) in [5.74, 6) is 0.540. The van der Waals surface area contributed by atoms with Crippen molar-refractivity contribution in [2.24, 2.45) is 5.92 Å². The summed E-state index contributed by atoms with van der Waals surface area (Å²) in [5.41, 5.74) is 0. The number of halogens is 1. The number of nitrogens with zero attached hydrogens (tertiary/aromatic N) is 1. The smallest absolute Gasteiger partial charge is 0.227 e. The molecule has 2 saturated heterocycles. The van der Waals surface area contributed by atoms with Gasteiger partial charge >= 0.3 is 0 Å². The van der Waals surface area contributed by atoms with Gasteiger partial charge in [0.1, 0.15) is 0 Å². The number of carbonyl (C=O) groups excluding carboxylic acids is 1. The minimum Gasteiger partial charge on any atom is -0.340 e. The SMILES string of the molecule is CN(C(=O)[C@@H]1CCCNC1)C1CNC1.Cl. The molecule has 0 aromatic heterocycles. The molecule has 0 unspecified atom stereocenters. The topological polar surface area (TPSA) is 44.4 Å². The van der Waals surface area contributed by atoms with Gasteiger partial charge in [-0.1, -0.05) is 0 Å². The minimum atomic E-state index is 0. The fourth-order valence-electron chi connectivity index (χ4n) is 2.08. The van der Waals surface area contributed by atoms with E-state index in [1.165, 1.54) is 0 Å². The molecule has 0 radical (unpaired) electrons. The van der Waals surface area contributed by atoms with Gasteiger partial charge in [0.15, 0.2) is 0 Å². The van der Waals surface area contributed by atoms with Crippen LogP contribution in [0.15, 0.2) is 0 Å². The van der Waals surface area contributed by atoms with E-state index < -0.39 is 0 Å². The molecule has 2 fully saturated rings. The summed E-state index contributed by atoms with van der Waals surface area (Å²) in [6, 6.07) is 0.435. The van der Waals surface area contributed by atoms with Gasteiger partial charge in [0.25, 0.3) is 0 Å². The van der Waals surface area contributed by atoms with Crippen LogP contribution in [-0.4, -0.2) is 50.1 Å². The van der Waals surface area contributed by atoms with Gasteiger partial charge < -0.3 is 15.5 Å². The molecular formula is C10H20ClN3O. The highest BCUT2D eigenvalue weighted by molar-refractivity contribution is 5.85. The van der Waals surface area contributed by atoms with Gasteiger partial charge in [-0.2, -0.15) is 0 Å². The summed E-state index contributed by atoms with van der Waals surface area (Å²) in [7, 11) is 1.93. The normalized spacial score (nSPS) is 26.3. The quantitative estimate of drug-likeness (QED) is 0.697. The van der Waals surface area contributed by atoms with E-state index in [0.717, 1.165) is 39.0 Å². The molecule has 2 aliphatic rings. The van der Waals surface area contributed by atoms with E-state index in [-0.39, 0.29) is 18.3 Å². The molecule has 1 atom stereocenters. The molecule has 4 nitrogen and oxygen atoms in total. The summed E-state index contributed by atoms with van der Waals surface area (Å²) in [4.78, 5) is 13.9. The molecule has 2 heterocycles. The Balaban J connectivity index is 0.00000112. The number of hydrogen-bond acceptors (Lipinski definition) is 3. The minimum absolute atomic E-state index is 0. The third-order valence-corrected chi connectivity index (χ3v) is 3.30. The van der Waals surface area contributed by atoms with E-state index in [9.17, 15) is 4.79 Å². The molecule has 1 amide bonds. The zero-order valence-corrected chi connectivity index (χ0v) is 9.98. The Kier molecular flexibility index (Phi) is 4.83. The highest BCUT2D eigenvalue weighted by atomic mass is 35.5. The number of rotatable bonds is 2. The van der Waals surface area contributed by atoms with Gasteiger partial charge in [-0.3, -0.25) is 4.79 Å². The number of amides is 1. The molecule has 2 N–H and O–H groups in total. The average molecular weight is 234 g/mol. The first-order valence-corrected chi connectivity index (χ1v) is 5.47. The summed E-state index contributed by atoms with van der Waals surface area (Å²) in [5, 5.41) is 6.47. The highest BCUT2D eigenvalue weighted by Crippen LogP contribution is 2.15. The molecule has 0 spiro atoms. The van der Waals surface area contributed by atoms with Gasteiger partial charge in [0, 0.05) is 26.7 Å². The summed E-state index contributed by atoms with van der Waals surface area (Å²) >= 11 is 0. The summed E-state index contributed by atoms with van der Waals surface area (Å²) in [6.07, 6.45) is 2.18. The van der Waals surface area contributed by atoms with Gasteiger partial charge in [0.2, 0.25) is 5.91 Å². The van der Waals surface area contributed by atoms with Gasteiger partial charge in [-0.15, -0.1) is 12.4 Å². The van der Waals surface area contributed by atoms with Crippen molar-refractivity contribution in [2.75, 3.05) is 33.2 Å². The highest BCUT2D eigenvalue weighted by Gasteiger charge is 2.30. The van der Waals surface area contributed by atoms with Crippen LogP contribution in [0.25, 0.3) is 0 Å². The zero-order chi connectivity index (χ0) is 9.97. The second kappa shape index (κ2) is 5.68. The maximum absolute atomic E-state index is 12.0. The first-order chi connectivity index (χ1) is 6.79. The third kappa shape index (κ3) is 2.83. The van der Waals surface area contributed by atoms with E-state index in [2.05, 4.69) is 10.6 Å². The van der Waals surface area contributed by atoms with Crippen molar-refractivity contribution in [1.82, 2.24) is 15.5 Å². The number of carbonyl (C=O) groups is 1. The molecule has 0 aromatic rings. The number of hydrogen-bond donors (Lipinski definition) is 2. The van der Waals surface area contributed by atoms with E-state index >= 15 is 0 Å². The van der Waals surface area contributed by atoms with E-state index in [1.807, 2.05) is 11.9 Å². The first kappa shape index (κ1) is 12.7. The van der Waals surface area contributed by atoms with Crippen LogP contribution < -0.4 is 10.6 Å². The maximum atomic E-state index is 12.0. The van der Waals surface area contributed by atoms with Gasteiger partial charge in [-0.25, -0.2) is 0 Å². The molecule has 0 saturated carbocycles. The Labute approximate surface area is 97.2 Å². The maximum Gasteiger partial charge on any atom is 0.227 e. The molecule has 88 valence electrons. The number of nitrogens with one attached hydrogen (secondary N) is 2. The van der Waals surface area contributed by atoms with Crippen molar-refractivity contribution in [3.63, 3.8) is 0 Å². The first-order valence-electron chi connectivity index (χ1n) is 5.47. The van der Waals surface area contributed by atoms with Crippen molar-refractivity contribution in [3.05, 3.63) is 0 Å². The van der Waals surface area contributed by atoms with E-state index in [4.69, 9.17) is 0 Å². The average Bonchev–Trinajstić information content (AvgIpc) is 2.15. The lowest BCUT2D eigenvalue weighted by Crippen LogP contribution is -2.59. The van der Waals surface area contributed by atoms with Crippen LogP contribution in [-0.2, 0) is 4.79 Å². The van der Waals surface area contributed by atoms with Crippen LogP contribution in [0.5, 0.6) is 0 Å². The van der Waals surface area contributed by atoms with Gasteiger partial charge in [0.05, 0.1) is 12.0 Å². The summed E-state index contributed by atoms with van der Waals surface area (Å²) in [6.45, 7) is 3.85. The predicted octanol–water partition coefficient (Wildman–Crippen LogP) is -0.162. The standard InChI is InChI=1S/C10H19N3O.ClH/c1-13(9-6-12-7-9)10(14)8-3-2-4-11-5-8;/h8-9,11-12H,2-7H2,1H3;1H/t8-;/m1./s1. The Bertz CT molecular complexity index is 211. The Morgan fingerprint density at radius 1 is 1.27 bits per heavy atom. The molecule has 0 bridgehead atoms. The van der Waals surface area contributed by atoms with Crippen molar-refractivity contribution < 1.29 is 4.79 Å². The third-order valence-electron chi connectivity index (χ3n) is 3.30. The van der Waals surface area contributed by atoms with Gasteiger partial charge in [-0.05, 0) is 19.4 Å². The van der Waals surface area contributed by atoms with Crippen molar-refractivity contribution in [1.29, 1.82) is 0 Å². The van der Waals surface area contributed by atoms with Crippen LogP contribution in [0.2, 0.25) is 0 Å². The van der Waals surface area contributed by atoms with E-state index in [1.54, 1.807) is 0 Å². The van der Waals surface area contributed by atoms with Crippen LogP contribution in [0, 0.1) is 5.92 Å². The molecule has 2 aliphatic heterocycles. The number of likely N-dealkylation sites (N-methyl/N-ethyl adjacent to an activating group) is 1. The van der Waals surface area contributed by atoms with Crippen LogP contribution >= 0.6 is 12.4 Å². The molecular weight excluding hydrogens is 214 g/mol. The Morgan fingerprint density at radius 3 is 2.47 bits per heavy atom.